The lowest BCUT2D eigenvalue weighted by atomic mass is 10.3. The van der Waals surface area contributed by atoms with Crippen LogP contribution in [0, 0.1) is 0 Å². The van der Waals surface area contributed by atoms with Gasteiger partial charge in [-0.25, -0.2) is 4.98 Å². The van der Waals surface area contributed by atoms with Gasteiger partial charge in [0, 0.05) is 6.20 Å². The summed E-state index contributed by atoms with van der Waals surface area (Å²) in [5.74, 6) is 0. The number of nitrogens with zero attached hydrogens (tertiary/aromatic N) is 3. The van der Waals surface area contributed by atoms with Crippen LogP contribution in [0.5, 0.6) is 0 Å². The molecule has 19 heavy (non-hydrogen) atoms. The van der Waals surface area contributed by atoms with Crippen LogP contribution in [0.15, 0.2) is 53.8 Å². The van der Waals surface area contributed by atoms with Gasteiger partial charge < -0.3 is 0 Å². The molecule has 1 aromatic carbocycles. The summed E-state index contributed by atoms with van der Waals surface area (Å²) >= 11 is 1.58. The van der Waals surface area contributed by atoms with Gasteiger partial charge >= 0.3 is 0 Å². The van der Waals surface area contributed by atoms with E-state index in [0.29, 0.717) is 0 Å². The second kappa shape index (κ2) is 5.16. The normalized spacial score (nSPS) is 11.7. The largest absolute Gasteiger partial charge is 0.255 e. The van der Waals surface area contributed by atoms with Crippen LogP contribution < -0.4 is 5.43 Å². The second-order valence-corrected chi connectivity index (χ2v) is 5.04. The van der Waals surface area contributed by atoms with E-state index in [0.717, 1.165) is 26.8 Å². The number of benzene rings is 1. The molecule has 3 rings (SSSR count). The van der Waals surface area contributed by atoms with Crippen LogP contribution in [0.25, 0.3) is 10.2 Å². The monoisotopic (exact) mass is 268 g/mol. The molecular formula is C14H12N4S. The fourth-order valence-corrected chi connectivity index (χ4v) is 2.49. The number of aromatic nitrogens is 2. The molecular weight excluding hydrogens is 256 g/mol. The molecule has 1 N–H and O–H groups in total. The summed E-state index contributed by atoms with van der Waals surface area (Å²) in [6.07, 6.45) is 1.76. The van der Waals surface area contributed by atoms with E-state index in [2.05, 4.69) is 20.5 Å². The first-order valence-electron chi connectivity index (χ1n) is 5.90. The lowest BCUT2D eigenvalue weighted by molar-refractivity contribution is 1.24. The Bertz CT molecular complexity index is 685. The fourth-order valence-electron chi connectivity index (χ4n) is 1.69. The van der Waals surface area contributed by atoms with Gasteiger partial charge in [0.25, 0.3) is 0 Å². The van der Waals surface area contributed by atoms with Crippen LogP contribution in [0.4, 0.5) is 5.13 Å². The highest BCUT2D eigenvalue weighted by molar-refractivity contribution is 7.22. The van der Waals surface area contributed by atoms with Crippen molar-refractivity contribution in [2.24, 2.45) is 5.10 Å². The number of para-hydroxylation sites is 1. The summed E-state index contributed by atoms with van der Waals surface area (Å²) in [7, 11) is 0. The number of rotatable bonds is 3. The van der Waals surface area contributed by atoms with E-state index in [1.54, 1.807) is 17.5 Å². The zero-order valence-corrected chi connectivity index (χ0v) is 11.2. The number of hydrogen-bond donors (Lipinski definition) is 1. The standard InChI is InChI=1S/C14H12N4S/c1-10(11-6-4-5-9-15-11)17-18-14-16-12-7-2-3-8-13(12)19-14/h2-9H,1H3,(H,16,18)/b17-10-. The van der Waals surface area contributed by atoms with E-state index >= 15 is 0 Å². The minimum Gasteiger partial charge on any atom is -0.255 e. The van der Waals surface area contributed by atoms with Crippen LogP contribution in [0.3, 0.4) is 0 Å². The third-order valence-electron chi connectivity index (χ3n) is 2.65. The first kappa shape index (κ1) is 11.8. The van der Waals surface area contributed by atoms with E-state index in [4.69, 9.17) is 0 Å². The first-order valence-corrected chi connectivity index (χ1v) is 6.72. The Morgan fingerprint density at radius 3 is 2.79 bits per heavy atom. The molecule has 0 aliphatic carbocycles. The Hall–Kier alpha value is -2.27. The molecule has 94 valence electrons. The van der Waals surface area contributed by atoms with Gasteiger partial charge in [-0.2, -0.15) is 5.10 Å². The molecule has 2 aromatic heterocycles. The maximum atomic E-state index is 4.46. The SMILES string of the molecule is C/C(=N/Nc1nc2ccccc2s1)c1ccccn1. The van der Waals surface area contributed by atoms with Gasteiger partial charge in [0.1, 0.15) is 0 Å². The molecule has 5 heteroatoms. The van der Waals surface area contributed by atoms with Crippen LogP contribution in [-0.2, 0) is 0 Å². The van der Waals surface area contributed by atoms with Crippen molar-refractivity contribution in [1.82, 2.24) is 9.97 Å². The van der Waals surface area contributed by atoms with Crippen LogP contribution >= 0.6 is 11.3 Å². The van der Waals surface area contributed by atoms with Crippen molar-refractivity contribution in [3.63, 3.8) is 0 Å². The molecule has 0 fully saturated rings. The number of hydrogen-bond acceptors (Lipinski definition) is 5. The molecule has 0 spiro atoms. The molecule has 0 radical (unpaired) electrons. The number of anilines is 1. The van der Waals surface area contributed by atoms with Crippen LogP contribution in [0.2, 0.25) is 0 Å². The van der Waals surface area contributed by atoms with Gasteiger partial charge in [-0.3, -0.25) is 10.4 Å². The molecule has 0 aliphatic rings. The number of nitrogens with one attached hydrogen (secondary N) is 1. The molecule has 2 heterocycles. The topological polar surface area (TPSA) is 50.2 Å². The Kier molecular flexibility index (Phi) is 3.20. The Labute approximate surface area is 114 Å². The highest BCUT2D eigenvalue weighted by Gasteiger charge is 2.02. The smallest absolute Gasteiger partial charge is 0.204 e. The minimum atomic E-state index is 0.788. The van der Waals surface area contributed by atoms with Crippen molar-refractivity contribution in [3.05, 3.63) is 54.4 Å². The molecule has 0 saturated carbocycles. The summed E-state index contributed by atoms with van der Waals surface area (Å²) in [6.45, 7) is 1.92. The van der Waals surface area contributed by atoms with Crippen molar-refractivity contribution in [3.8, 4) is 0 Å². The van der Waals surface area contributed by atoms with E-state index in [1.807, 2.05) is 49.4 Å². The number of thiazole rings is 1. The maximum Gasteiger partial charge on any atom is 0.204 e. The molecule has 0 atom stereocenters. The van der Waals surface area contributed by atoms with Gasteiger partial charge in [0.2, 0.25) is 5.13 Å². The molecule has 3 aromatic rings. The van der Waals surface area contributed by atoms with Gasteiger partial charge in [-0.05, 0) is 31.2 Å². The third kappa shape index (κ3) is 2.61. The van der Waals surface area contributed by atoms with Crippen molar-refractivity contribution in [2.75, 3.05) is 5.43 Å². The zero-order chi connectivity index (χ0) is 13.1. The Balaban J connectivity index is 1.82. The molecule has 0 bridgehead atoms. The number of hydrazone groups is 1. The Morgan fingerprint density at radius 2 is 2.00 bits per heavy atom. The van der Waals surface area contributed by atoms with Crippen molar-refractivity contribution in [1.29, 1.82) is 0 Å². The molecule has 0 saturated heterocycles. The summed E-state index contributed by atoms with van der Waals surface area (Å²) < 4.78 is 1.15. The lowest BCUT2D eigenvalue weighted by Crippen LogP contribution is -2.01. The third-order valence-corrected chi connectivity index (χ3v) is 3.59. The highest BCUT2D eigenvalue weighted by Crippen LogP contribution is 2.25. The predicted octanol–water partition coefficient (Wildman–Crippen LogP) is 3.53. The molecule has 0 unspecified atom stereocenters. The number of pyridine rings is 1. The summed E-state index contributed by atoms with van der Waals surface area (Å²) in [4.78, 5) is 8.70. The quantitative estimate of drug-likeness (QED) is 0.584. The Morgan fingerprint density at radius 1 is 1.16 bits per heavy atom. The zero-order valence-electron chi connectivity index (χ0n) is 10.4. The van der Waals surface area contributed by atoms with E-state index in [1.165, 1.54) is 0 Å². The summed E-state index contributed by atoms with van der Waals surface area (Å²) in [5, 5.41) is 5.10. The average molecular weight is 268 g/mol. The minimum absolute atomic E-state index is 0.788. The van der Waals surface area contributed by atoms with Crippen molar-refractivity contribution < 1.29 is 0 Å². The predicted molar refractivity (Wildman–Crippen MR) is 79.7 cm³/mol. The van der Waals surface area contributed by atoms with Gasteiger partial charge in [-0.15, -0.1) is 0 Å². The summed E-state index contributed by atoms with van der Waals surface area (Å²) in [5.41, 5.74) is 5.67. The molecule has 4 nitrogen and oxygen atoms in total. The van der Waals surface area contributed by atoms with Gasteiger partial charge in [0.15, 0.2) is 0 Å². The average Bonchev–Trinajstić information content (AvgIpc) is 2.88. The first-order chi connectivity index (χ1) is 9.33. The van der Waals surface area contributed by atoms with Crippen LogP contribution in [-0.4, -0.2) is 15.7 Å². The molecule has 0 aliphatic heterocycles. The number of fused-ring (bicyclic) bond motifs is 1. The second-order valence-electron chi connectivity index (χ2n) is 4.01. The molecule has 0 amide bonds. The maximum absolute atomic E-state index is 4.46. The van der Waals surface area contributed by atoms with E-state index in [-0.39, 0.29) is 0 Å². The van der Waals surface area contributed by atoms with Gasteiger partial charge in [-0.1, -0.05) is 29.5 Å². The van der Waals surface area contributed by atoms with Gasteiger partial charge in [0.05, 0.1) is 21.6 Å². The fraction of sp³-hybridized carbons (Fsp3) is 0.0714. The van der Waals surface area contributed by atoms with Crippen molar-refractivity contribution in [2.45, 2.75) is 6.92 Å². The van der Waals surface area contributed by atoms with E-state index < -0.39 is 0 Å². The highest BCUT2D eigenvalue weighted by atomic mass is 32.1. The van der Waals surface area contributed by atoms with E-state index in [9.17, 15) is 0 Å². The van der Waals surface area contributed by atoms with Crippen LogP contribution in [0.1, 0.15) is 12.6 Å². The lowest BCUT2D eigenvalue weighted by Gasteiger charge is -1.99. The van der Waals surface area contributed by atoms with Crippen molar-refractivity contribution >= 4 is 32.4 Å². The summed E-state index contributed by atoms with van der Waals surface area (Å²) in [6, 6.07) is 13.8.